The van der Waals surface area contributed by atoms with E-state index in [0.29, 0.717) is 11.2 Å². The second-order valence-electron chi connectivity index (χ2n) is 4.60. The van der Waals surface area contributed by atoms with Crippen molar-refractivity contribution >= 4 is 17.4 Å². The zero-order valence-electron chi connectivity index (χ0n) is 10.6. The van der Waals surface area contributed by atoms with Crippen LogP contribution in [0.1, 0.15) is 19.4 Å². The SMILES string of the molecule is CCc1c(Cl)ncnc1N1CCN(C)C(C)C1. The lowest BCUT2D eigenvalue weighted by Crippen LogP contribution is -2.50. The molecule has 1 aromatic rings. The Morgan fingerprint density at radius 1 is 1.41 bits per heavy atom. The van der Waals surface area contributed by atoms with Crippen LogP contribution < -0.4 is 4.90 Å². The first-order valence-electron chi connectivity index (χ1n) is 6.08. The fourth-order valence-electron chi connectivity index (χ4n) is 2.20. The predicted molar refractivity (Wildman–Crippen MR) is 70.7 cm³/mol. The number of hydrogen-bond donors (Lipinski definition) is 0. The summed E-state index contributed by atoms with van der Waals surface area (Å²) < 4.78 is 0. The van der Waals surface area contributed by atoms with Gasteiger partial charge in [-0.1, -0.05) is 18.5 Å². The quantitative estimate of drug-likeness (QED) is 0.754. The molecule has 94 valence electrons. The molecular weight excluding hydrogens is 236 g/mol. The van der Waals surface area contributed by atoms with Gasteiger partial charge < -0.3 is 9.80 Å². The number of piperazine rings is 1. The summed E-state index contributed by atoms with van der Waals surface area (Å²) in [7, 11) is 2.16. The van der Waals surface area contributed by atoms with Gasteiger partial charge in [0.05, 0.1) is 0 Å². The van der Waals surface area contributed by atoms with Crippen molar-refractivity contribution in [2.24, 2.45) is 0 Å². The zero-order chi connectivity index (χ0) is 12.4. The average Bonchev–Trinajstić information content (AvgIpc) is 2.32. The molecule has 0 radical (unpaired) electrons. The molecule has 1 aliphatic rings. The minimum atomic E-state index is 0.544. The van der Waals surface area contributed by atoms with Gasteiger partial charge in [0.15, 0.2) is 0 Å². The Bertz CT molecular complexity index is 396. The van der Waals surface area contributed by atoms with E-state index in [2.05, 4.69) is 40.7 Å². The molecule has 0 saturated carbocycles. The van der Waals surface area contributed by atoms with E-state index in [-0.39, 0.29) is 0 Å². The summed E-state index contributed by atoms with van der Waals surface area (Å²) in [6.45, 7) is 7.39. The highest BCUT2D eigenvalue weighted by molar-refractivity contribution is 6.30. The topological polar surface area (TPSA) is 32.3 Å². The van der Waals surface area contributed by atoms with Crippen molar-refractivity contribution in [3.8, 4) is 0 Å². The van der Waals surface area contributed by atoms with Crippen LogP contribution in [0.25, 0.3) is 0 Å². The van der Waals surface area contributed by atoms with Crippen LogP contribution in [0.5, 0.6) is 0 Å². The Kier molecular flexibility index (Phi) is 3.84. The van der Waals surface area contributed by atoms with E-state index < -0.39 is 0 Å². The number of rotatable bonds is 2. The molecule has 1 saturated heterocycles. The van der Waals surface area contributed by atoms with Crippen LogP contribution >= 0.6 is 11.6 Å². The molecule has 0 spiro atoms. The molecule has 0 bridgehead atoms. The van der Waals surface area contributed by atoms with Crippen LogP contribution in [0.15, 0.2) is 6.33 Å². The first kappa shape index (κ1) is 12.6. The van der Waals surface area contributed by atoms with Crippen molar-refractivity contribution < 1.29 is 0 Å². The van der Waals surface area contributed by atoms with E-state index in [1.807, 2.05) is 0 Å². The molecule has 17 heavy (non-hydrogen) atoms. The first-order valence-corrected chi connectivity index (χ1v) is 6.45. The Balaban J connectivity index is 2.25. The predicted octanol–water partition coefficient (Wildman–Crippen LogP) is 1.83. The molecule has 4 nitrogen and oxygen atoms in total. The number of likely N-dealkylation sites (N-methyl/N-ethyl adjacent to an activating group) is 1. The zero-order valence-corrected chi connectivity index (χ0v) is 11.4. The molecule has 1 fully saturated rings. The Morgan fingerprint density at radius 3 is 2.82 bits per heavy atom. The molecule has 1 aromatic heterocycles. The summed E-state index contributed by atoms with van der Waals surface area (Å²) in [6.07, 6.45) is 2.43. The Hall–Kier alpha value is -0.870. The maximum atomic E-state index is 6.13. The van der Waals surface area contributed by atoms with Crippen LogP contribution in [-0.2, 0) is 6.42 Å². The highest BCUT2D eigenvalue weighted by atomic mass is 35.5. The van der Waals surface area contributed by atoms with Gasteiger partial charge in [0.1, 0.15) is 17.3 Å². The maximum Gasteiger partial charge on any atom is 0.137 e. The lowest BCUT2D eigenvalue weighted by molar-refractivity contribution is 0.233. The maximum absolute atomic E-state index is 6.13. The van der Waals surface area contributed by atoms with Gasteiger partial charge in [-0.05, 0) is 20.4 Å². The molecule has 0 aromatic carbocycles. The van der Waals surface area contributed by atoms with Gasteiger partial charge in [0.2, 0.25) is 0 Å². The number of halogens is 1. The van der Waals surface area contributed by atoms with Crippen molar-refractivity contribution in [1.29, 1.82) is 0 Å². The van der Waals surface area contributed by atoms with Crippen LogP contribution in [0.2, 0.25) is 5.15 Å². The van der Waals surface area contributed by atoms with Crippen molar-refractivity contribution in [2.75, 3.05) is 31.6 Å². The molecule has 1 unspecified atom stereocenters. The van der Waals surface area contributed by atoms with Gasteiger partial charge in [-0.3, -0.25) is 0 Å². The summed E-state index contributed by atoms with van der Waals surface area (Å²) in [5, 5.41) is 0.587. The molecular formula is C12H19ClN4. The fraction of sp³-hybridized carbons (Fsp3) is 0.667. The van der Waals surface area contributed by atoms with E-state index in [1.54, 1.807) is 6.33 Å². The summed E-state index contributed by atoms with van der Waals surface area (Å²) in [5.74, 6) is 1.01. The molecule has 0 N–H and O–H groups in total. The molecule has 0 amide bonds. The third kappa shape index (κ3) is 2.53. The van der Waals surface area contributed by atoms with Gasteiger partial charge >= 0.3 is 0 Å². The number of hydrogen-bond acceptors (Lipinski definition) is 4. The van der Waals surface area contributed by atoms with Gasteiger partial charge in [0.25, 0.3) is 0 Å². The van der Waals surface area contributed by atoms with Crippen molar-refractivity contribution in [3.63, 3.8) is 0 Å². The molecule has 5 heteroatoms. The molecule has 2 rings (SSSR count). The van der Waals surface area contributed by atoms with E-state index >= 15 is 0 Å². The smallest absolute Gasteiger partial charge is 0.137 e. The summed E-state index contributed by atoms with van der Waals surface area (Å²) in [4.78, 5) is 13.1. The van der Waals surface area contributed by atoms with Crippen LogP contribution in [-0.4, -0.2) is 47.6 Å². The van der Waals surface area contributed by atoms with Gasteiger partial charge in [-0.25, -0.2) is 9.97 Å². The first-order chi connectivity index (χ1) is 8.13. The summed E-state index contributed by atoms with van der Waals surface area (Å²) >= 11 is 6.13. The summed E-state index contributed by atoms with van der Waals surface area (Å²) in [6, 6.07) is 0.544. The highest BCUT2D eigenvalue weighted by Gasteiger charge is 2.23. The molecule has 1 atom stereocenters. The number of aromatic nitrogens is 2. The lowest BCUT2D eigenvalue weighted by Gasteiger charge is -2.39. The second-order valence-corrected chi connectivity index (χ2v) is 4.95. The van der Waals surface area contributed by atoms with Crippen LogP contribution in [0.4, 0.5) is 5.82 Å². The van der Waals surface area contributed by atoms with E-state index in [1.165, 1.54) is 0 Å². The van der Waals surface area contributed by atoms with E-state index in [4.69, 9.17) is 11.6 Å². The van der Waals surface area contributed by atoms with Gasteiger partial charge in [-0.2, -0.15) is 0 Å². The molecule has 1 aliphatic heterocycles. The normalized spacial score (nSPS) is 21.9. The summed E-state index contributed by atoms with van der Waals surface area (Å²) in [5.41, 5.74) is 1.06. The lowest BCUT2D eigenvalue weighted by atomic mass is 10.1. The van der Waals surface area contributed by atoms with E-state index in [9.17, 15) is 0 Å². The second kappa shape index (κ2) is 5.19. The molecule has 2 heterocycles. The minimum absolute atomic E-state index is 0.544. The Labute approximate surface area is 108 Å². The third-order valence-corrected chi connectivity index (χ3v) is 3.81. The Morgan fingerprint density at radius 2 is 2.18 bits per heavy atom. The number of anilines is 1. The van der Waals surface area contributed by atoms with Crippen molar-refractivity contribution in [2.45, 2.75) is 26.3 Å². The fourth-order valence-corrected chi connectivity index (χ4v) is 2.46. The minimum Gasteiger partial charge on any atom is -0.353 e. The van der Waals surface area contributed by atoms with Gasteiger partial charge in [-0.15, -0.1) is 0 Å². The van der Waals surface area contributed by atoms with Crippen molar-refractivity contribution in [1.82, 2.24) is 14.9 Å². The third-order valence-electron chi connectivity index (χ3n) is 3.48. The van der Waals surface area contributed by atoms with Crippen molar-refractivity contribution in [3.05, 3.63) is 17.0 Å². The number of nitrogens with zero attached hydrogens (tertiary/aromatic N) is 4. The average molecular weight is 255 g/mol. The van der Waals surface area contributed by atoms with Gasteiger partial charge in [0, 0.05) is 31.2 Å². The highest BCUT2D eigenvalue weighted by Crippen LogP contribution is 2.25. The standard InChI is InChI=1S/C12H19ClN4/c1-4-10-11(13)14-8-15-12(10)17-6-5-16(3)9(2)7-17/h8-9H,4-7H2,1-3H3. The van der Waals surface area contributed by atoms with E-state index in [0.717, 1.165) is 37.4 Å². The molecule has 0 aliphatic carbocycles. The monoisotopic (exact) mass is 254 g/mol. The van der Waals surface area contributed by atoms with Crippen LogP contribution in [0.3, 0.4) is 0 Å². The van der Waals surface area contributed by atoms with Crippen LogP contribution in [0, 0.1) is 0 Å². The largest absolute Gasteiger partial charge is 0.353 e.